The van der Waals surface area contributed by atoms with Crippen LogP contribution in [0.4, 0.5) is 14.5 Å². The van der Waals surface area contributed by atoms with Gasteiger partial charge in [-0.05, 0) is 25.1 Å². The van der Waals surface area contributed by atoms with Gasteiger partial charge >= 0.3 is 0 Å². The number of carbonyl (C=O) groups excluding carboxylic acids is 1. The van der Waals surface area contributed by atoms with Crippen LogP contribution in [0.2, 0.25) is 0 Å². The lowest BCUT2D eigenvalue weighted by molar-refractivity contribution is -0.123. The van der Waals surface area contributed by atoms with E-state index in [1.807, 2.05) is 17.0 Å². The maximum absolute atomic E-state index is 13.8. The lowest BCUT2D eigenvalue weighted by Gasteiger charge is -2.36. The van der Waals surface area contributed by atoms with Crippen molar-refractivity contribution in [1.29, 1.82) is 0 Å². The molecule has 5 nitrogen and oxygen atoms in total. The third kappa shape index (κ3) is 4.74. The molecule has 3 rings (SSSR count). The highest BCUT2D eigenvalue weighted by molar-refractivity contribution is 5.78. The van der Waals surface area contributed by atoms with Crippen molar-refractivity contribution in [2.24, 2.45) is 0 Å². The van der Waals surface area contributed by atoms with Crippen LogP contribution in [-0.2, 0) is 4.79 Å². The third-order valence-corrected chi connectivity index (χ3v) is 4.77. The molecule has 2 aromatic carbocycles. The van der Waals surface area contributed by atoms with Gasteiger partial charge in [-0.2, -0.15) is 0 Å². The van der Waals surface area contributed by atoms with Crippen molar-refractivity contribution in [3.63, 3.8) is 0 Å². The summed E-state index contributed by atoms with van der Waals surface area (Å²) in [5.74, 6) is -1.27. The minimum absolute atomic E-state index is 0.206. The number of anilines is 1. The molecule has 1 heterocycles. The quantitative estimate of drug-likeness (QED) is 0.844. The number of phenolic OH excluding ortho intramolecular Hbond substituents is 1. The number of para-hydroxylation sites is 2. The fourth-order valence-electron chi connectivity index (χ4n) is 3.30. The zero-order chi connectivity index (χ0) is 19.4. The highest BCUT2D eigenvalue weighted by atomic mass is 19.1. The van der Waals surface area contributed by atoms with Crippen LogP contribution in [0.25, 0.3) is 0 Å². The number of aromatic hydroxyl groups is 1. The Labute approximate surface area is 157 Å². The van der Waals surface area contributed by atoms with E-state index in [1.165, 1.54) is 12.1 Å². The molecule has 0 aliphatic carbocycles. The minimum Gasteiger partial charge on any atom is -0.506 e. The largest absolute Gasteiger partial charge is 0.506 e. The number of halogens is 2. The molecule has 0 saturated carbocycles. The van der Waals surface area contributed by atoms with Crippen molar-refractivity contribution >= 4 is 11.6 Å². The summed E-state index contributed by atoms with van der Waals surface area (Å²) in [7, 11) is 0. The molecule has 144 valence electrons. The summed E-state index contributed by atoms with van der Waals surface area (Å²) in [6.45, 7) is 4.65. The molecule has 0 radical (unpaired) electrons. The predicted molar refractivity (Wildman–Crippen MR) is 99.7 cm³/mol. The van der Waals surface area contributed by atoms with Crippen LogP contribution in [0.1, 0.15) is 18.5 Å². The summed E-state index contributed by atoms with van der Waals surface area (Å²) in [5.41, 5.74) is 1.05. The lowest BCUT2D eigenvalue weighted by Crippen LogP contribution is -2.49. The average Bonchev–Trinajstić information content (AvgIpc) is 2.62. The summed E-state index contributed by atoms with van der Waals surface area (Å²) in [6, 6.07) is 9.99. The number of piperazine rings is 1. The Morgan fingerprint density at radius 1 is 1.15 bits per heavy atom. The van der Waals surface area contributed by atoms with Crippen LogP contribution in [0, 0.1) is 11.6 Å². The normalized spacial score (nSPS) is 16.2. The molecule has 0 aromatic heterocycles. The summed E-state index contributed by atoms with van der Waals surface area (Å²) in [6.07, 6.45) is 0. The second kappa shape index (κ2) is 8.35. The Morgan fingerprint density at radius 2 is 1.85 bits per heavy atom. The van der Waals surface area contributed by atoms with E-state index in [2.05, 4.69) is 10.2 Å². The van der Waals surface area contributed by atoms with Crippen molar-refractivity contribution in [2.75, 3.05) is 37.6 Å². The molecular weight excluding hydrogens is 352 g/mol. The van der Waals surface area contributed by atoms with E-state index in [-0.39, 0.29) is 23.8 Å². The number of phenols is 1. The molecule has 1 fully saturated rings. The van der Waals surface area contributed by atoms with Crippen molar-refractivity contribution in [3.05, 3.63) is 59.7 Å². The second-order valence-electron chi connectivity index (χ2n) is 6.71. The van der Waals surface area contributed by atoms with Gasteiger partial charge in [0, 0.05) is 37.8 Å². The molecule has 0 bridgehead atoms. The number of hydrogen-bond acceptors (Lipinski definition) is 4. The van der Waals surface area contributed by atoms with Gasteiger partial charge in [0.15, 0.2) is 0 Å². The van der Waals surface area contributed by atoms with Crippen LogP contribution < -0.4 is 10.2 Å². The predicted octanol–water partition coefficient (Wildman–Crippen LogP) is 2.67. The molecule has 2 aromatic rings. The Morgan fingerprint density at radius 3 is 2.52 bits per heavy atom. The van der Waals surface area contributed by atoms with Crippen LogP contribution in [-0.4, -0.2) is 48.6 Å². The first-order chi connectivity index (χ1) is 12.9. The Bertz CT molecular complexity index is 808. The van der Waals surface area contributed by atoms with Crippen LogP contribution in [0.5, 0.6) is 5.75 Å². The highest BCUT2D eigenvalue weighted by Crippen LogP contribution is 2.27. The molecule has 27 heavy (non-hydrogen) atoms. The van der Waals surface area contributed by atoms with E-state index < -0.39 is 17.7 Å². The van der Waals surface area contributed by atoms with E-state index in [0.717, 1.165) is 11.8 Å². The van der Waals surface area contributed by atoms with Crippen molar-refractivity contribution in [3.8, 4) is 5.75 Å². The molecule has 1 atom stereocenters. The smallest absolute Gasteiger partial charge is 0.234 e. The SMILES string of the molecule is C[C@@H](NC(=O)CN1CCN(c2ccccc2O)CC1)c1ccc(F)cc1F. The van der Waals surface area contributed by atoms with Gasteiger partial charge in [-0.15, -0.1) is 0 Å². The number of hydrogen-bond donors (Lipinski definition) is 2. The van der Waals surface area contributed by atoms with E-state index >= 15 is 0 Å². The zero-order valence-electron chi connectivity index (χ0n) is 15.2. The molecule has 7 heteroatoms. The summed E-state index contributed by atoms with van der Waals surface area (Å²) < 4.78 is 26.8. The van der Waals surface area contributed by atoms with Gasteiger partial charge in [-0.25, -0.2) is 8.78 Å². The molecular formula is C20H23F2N3O2. The molecule has 1 aliphatic heterocycles. The van der Waals surface area contributed by atoms with Gasteiger partial charge in [0.1, 0.15) is 17.4 Å². The highest BCUT2D eigenvalue weighted by Gasteiger charge is 2.22. The Hall–Kier alpha value is -2.67. The summed E-state index contributed by atoms with van der Waals surface area (Å²) >= 11 is 0. The van der Waals surface area contributed by atoms with Crippen LogP contribution in [0.3, 0.4) is 0 Å². The third-order valence-electron chi connectivity index (χ3n) is 4.77. The standard InChI is InChI=1S/C20H23F2N3O2/c1-14(16-7-6-15(21)12-17(16)22)23-20(27)13-24-8-10-25(11-9-24)18-4-2-3-5-19(18)26/h2-7,12,14,26H,8-11,13H2,1H3,(H,23,27)/t14-/m1/s1. The van der Waals surface area contributed by atoms with E-state index in [0.29, 0.717) is 26.2 Å². The van der Waals surface area contributed by atoms with Crippen LogP contribution >= 0.6 is 0 Å². The van der Waals surface area contributed by atoms with Gasteiger partial charge in [0.25, 0.3) is 0 Å². The second-order valence-corrected chi connectivity index (χ2v) is 6.71. The first kappa shape index (κ1) is 19.1. The van der Waals surface area contributed by atoms with E-state index in [9.17, 15) is 18.7 Å². The molecule has 0 unspecified atom stereocenters. The Balaban J connectivity index is 1.50. The van der Waals surface area contributed by atoms with Gasteiger partial charge in [-0.1, -0.05) is 18.2 Å². The maximum atomic E-state index is 13.8. The number of nitrogens with zero attached hydrogens (tertiary/aromatic N) is 2. The summed E-state index contributed by atoms with van der Waals surface area (Å²) in [5, 5.41) is 12.7. The number of benzene rings is 2. The van der Waals surface area contributed by atoms with Gasteiger partial charge in [0.05, 0.1) is 18.3 Å². The zero-order valence-corrected chi connectivity index (χ0v) is 15.2. The van der Waals surface area contributed by atoms with Crippen LogP contribution in [0.15, 0.2) is 42.5 Å². The first-order valence-corrected chi connectivity index (χ1v) is 8.93. The van der Waals surface area contributed by atoms with Gasteiger partial charge in [0.2, 0.25) is 5.91 Å². The molecule has 1 aliphatic rings. The number of rotatable bonds is 5. The molecule has 0 spiro atoms. The lowest BCUT2D eigenvalue weighted by atomic mass is 10.1. The minimum atomic E-state index is -0.668. The molecule has 1 amide bonds. The first-order valence-electron chi connectivity index (χ1n) is 8.93. The fraction of sp³-hybridized carbons (Fsp3) is 0.350. The van der Waals surface area contributed by atoms with E-state index in [1.54, 1.807) is 19.1 Å². The Kier molecular flexibility index (Phi) is 5.91. The molecule has 1 saturated heterocycles. The number of carbonyl (C=O) groups is 1. The monoisotopic (exact) mass is 375 g/mol. The van der Waals surface area contributed by atoms with Gasteiger partial charge < -0.3 is 15.3 Å². The number of nitrogens with one attached hydrogen (secondary N) is 1. The van der Waals surface area contributed by atoms with Crippen molar-refractivity contribution < 1.29 is 18.7 Å². The van der Waals surface area contributed by atoms with E-state index in [4.69, 9.17) is 0 Å². The fourth-order valence-corrected chi connectivity index (χ4v) is 3.30. The van der Waals surface area contributed by atoms with Gasteiger partial charge in [-0.3, -0.25) is 9.69 Å². The van der Waals surface area contributed by atoms with Crippen molar-refractivity contribution in [2.45, 2.75) is 13.0 Å². The molecule has 2 N–H and O–H groups in total. The maximum Gasteiger partial charge on any atom is 0.234 e. The van der Waals surface area contributed by atoms with Crippen molar-refractivity contribution in [1.82, 2.24) is 10.2 Å². The topological polar surface area (TPSA) is 55.8 Å². The average molecular weight is 375 g/mol. The summed E-state index contributed by atoms with van der Waals surface area (Å²) in [4.78, 5) is 16.4. The number of amides is 1.